The lowest BCUT2D eigenvalue weighted by molar-refractivity contribution is -0.152. The fourth-order valence-corrected chi connectivity index (χ4v) is 6.64. The molecule has 2 aliphatic rings. The van der Waals surface area contributed by atoms with Gasteiger partial charge < -0.3 is 19.9 Å². The Labute approximate surface area is 212 Å². The van der Waals surface area contributed by atoms with Crippen LogP contribution < -0.4 is 14.8 Å². The van der Waals surface area contributed by atoms with Crippen LogP contribution in [0.5, 0.6) is 17.2 Å². The number of carbonyl (C=O) groups excluding carboxylic acids is 2. The summed E-state index contributed by atoms with van der Waals surface area (Å²) in [6.07, 6.45) is 3.95. The first-order chi connectivity index (χ1) is 16.6. The van der Waals surface area contributed by atoms with Gasteiger partial charge >= 0.3 is 11.9 Å². The van der Waals surface area contributed by atoms with Crippen LogP contribution in [-0.2, 0) is 24.3 Å². The molecule has 2 aromatic rings. The van der Waals surface area contributed by atoms with Crippen LogP contribution in [0.15, 0.2) is 35.2 Å². The molecule has 2 fully saturated rings. The van der Waals surface area contributed by atoms with Crippen molar-refractivity contribution in [3.63, 3.8) is 0 Å². The topological polar surface area (TPSA) is 131 Å². The number of ether oxygens (including phenoxy) is 2. The Kier molecular flexibility index (Phi) is 7.46. The molecule has 0 spiro atoms. The van der Waals surface area contributed by atoms with Crippen molar-refractivity contribution in [2.45, 2.75) is 43.5 Å². The maximum absolute atomic E-state index is 13.0. The third-order valence-corrected chi connectivity index (χ3v) is 8.28. The van der Waals surface area contributed by atoms with Crippen LogP contribution in [0.2, 0.25) is 10.0 Å². The summed E-state index contributed by atoms with van der Waals surface area (Å²) in [5.41, 5.74) is 0.134. The predicted octanol–water partition coefficient (Wildman–Crippen LogP) is 4.46. The lowest BCUT2D eigenvalue weighted by Crippen LogP contribution is -2.38. The number of benzene rings is 2. The summed E-state index contributed by atoms with van der Waals surface area (Å²) in [6, 6.07) is 6.25. The fraction of sp³-hybridized carbons (Fsp3) is 0.391. The van der Waals surface area contributed by atoms with E-state index in [1.807, 2.05) is 0 Å². The van der Waals surface area contributed by atoms with Crippen LogP contribution in [0.25, 0.3) is 0 Å². The summed E-state index contributed by atoms with van der Waals surface area (Å²) in [5.74, 6) is -1.54. The lowest BCUT2D eigenvalue weighted by Gasteiger charge is -2.23. The molecular weight excluding hydrogens is 519 g/mol. The zero-order valence-electron chi connectivity index (χ0n) is 18.7. The quantitative estimate of drug-likeness (QED) is 0.347. The second-order valence-corrected chi connectivity index (χ2v) is 11.1. The van der Waals surface area contributed by atoms with Crippen molar-refractivity contribution in [1.29, 1.82) is 0 Å². The van der Waals surface area contributed by atoms with E-state index in [4.69, 9.17) is 27.9 Å². The minimum atomic E-state index is -4.00. The standard InChI is InChI=1S/C23H24Cl2N2O7S/c1-2-33-23(30)22(29)26-14-9-16(24)21(17(25)10-14)34-15-5-6-19(28)20(11-15)35(31,32)27-18-8-12-3-4-13(18)7-12/h5-6,9-13,18,27-28H,2-4,7-8H2,1H3,(H,26,29). The van der Waals surface area contributed by atoms with Gasteiger partial charge in [-0.05, 0) is 62.3 Å². The second-order valence-electron chi connectivity index (χ2n) is 8.58. The molecule has 0 saturated heterocycles. The number of esters is 1. The van der Waals surface area contributed by atoms with Gasteiger partial charge in [0.2, 0.25) is 10.0 Å². The lowest BCUT2D eigenvalue weighted by atomic mass is 9.96. The maximum Gasteiger partial charge on any atom is 0.397 e. The summed E-state index contributed by atoms with van der Waals surface area (Å²) >= 11 is 12.5. The molecule has 4 rings (SSSR count). The van der Waals surface area contributed by atoms with Crippen molar-refractivity contribution in [1.82, 2.24) is 4.72 Å². The molecule has 1 amide bonds. The first-order valence-electron chi connectivity index (χ1n) is 11.1. The number of phenolic OH excluding ortho intramolecular Hbond substituents is 1. The number of hydrogen-bond donors (Lipinski definition) is 3. The van der Waals surface area contributed by atoms with Gasteiger partial charge in [-0.1, -0.05) is 29.6 Å². The largest absolute Gasteiger partial charge is 0.507 e. The predicted molar refractivity (Wildman–Crippen MR) is 129 cm³/mol. The van der Waals surface area contributed by atoms with Crippen LogP contribution in [0, 0.1) is 11.8 Å². The summed E-state index contributed by atoms with van der Waals surface area (Å²) < 4.78 is 39.1. The van der Waals surface area contributed by atoms with Crippen molar-refractivity contribution in [3.05, 3.63) is 40.4 Å². The van der Waals surface area contributed by atoms with Gasteiger partial charge in [0.15, 0.2) is 5.75 Å². The monoisotopic (exact) mass is 542 g/mol. The molecule has 2 saturated carbocycles. The molecule has 2 aliphatic carbocycles. The van der Waals surface area contributed by atoms with E-state index in [-0.39, 0.29) is 44.8 Å². The SMILES string of the molecule is CCOC(=O)C(=O)Nc1cc(Cl)c(Oc2ccc(O)c(S(=O)(=O)NC3CC4CCC3C4)c2)c(Cl)c1. The Morgan fingerprint density at radius 1 is 1.11 bits per heavy atom. The van der Waals surface area contributed by atoms with Gasteiger partial charge in [-0.25, -0.2) is 17.9 Å². The van der Waals surface area contributed by atoms with E-state index in [9.17, 15) is 23.1 Å². The molecule has 3 atom stereocenters. The summed E-state index contributed by atoms with van der Waals surface area (Å²) in [5, 5.41) is 12.6. The number of sulfonamides is 1. The van der Waals surface area contributed by atoms with Gasteiger partial charge in [-0.15, -0.1) is 0 Å². The van der Waals surface area contributed by atoms with Gasteiger partial charge in [0.1, 0.15) is 16.4 Å². The van der Waals surface area contributed by atoms with E-state index >= 15 is 0 Å². The first-order valence-corrected chi connectivity index (χ1v) is 13.3. The molecule has 2 bridgehead atoms. The van der Waals surface area contributed by atoms with Crippen molar-refractivity contribution in [3.8, 4) is 17.2 Å². The van der Waals surface area contributed by atoms with Gasteiger partial charge in [0.05, 0.1) is 16.7 Å². The number of amides is 1. The highest BCUT2D eigenvalue weighted by Gasteiger charge is 2.41. The van der Waals surface area contributed by atoms with E-state index in [0.717, 1.165) is 25.7 Å². The van der Waals surface area contributed by atoms with Gasteiger partial charge in [0, 0.05) is 17.8 Å². The van der Waals surface area contributed by atoms with Gasteiger partial charge in [0.25, 0.3) is 0 Å². The normalized spacial score (nSPS) is 21.1. The molecule has 2 aromatic carbocycles. The number of phenols is 1. The average molecular weight is 543 g/mol. The van der Waals surface area contributed by atoms with Crippen LogP contribution >= 0.6 is 23.2 Å². The number of anilines is 1. The minimum absolute atomic E-state index is 0.00225. The van der Waals surface area contributed by atoms with Gasteiger partial charge in [-0.3, -0.25) is 4.79 Å². The third kappa shape index (κ3) is 5.66. The molecule has 35 heavy (non-hydrogen) atoms. The highest BCUT2D eigenvalue weighted by atomic mass is 35.5. The molecular formula is C23H24Cl2N2O7S. The van der Waals surface area contributed by atoms with E-state index in [2.05, 4.69) is 14.8 Å². The van der Waals surface area contributed by atoms with Crippen LogP contribution in [-0.4, -0.2) is 38.0 Å². The average Bonchev–Trinajstić information content (AvgIpc) is 3.40. The van der Waals surface area contributed by atoms with E-state index < -0.39 is 27.6 Å². The number of fused-ring (bicyclic) bond motifs is 2. The summed E-state index contributed by atoms with van der Waals surface area (Å²) in [4.78, 5) is 23.0. The molecule has 188 valence electrons. The molecule has 0 heterocycles. The zero-order chi connectivity index (χ0) is 25.3. The van der Waals surface area contributed by atoms with Gasteiger partial charge in [-0.2, -0.15) is 0 Å². The number of aromatic hydroxyl groups is 1. The number of hydrogen-bond acceptors (Lipinski definition) is 7. The number of halogens is 2. The smallest absolute Gasteiger partial charge is 0.397 e. The molecule has 0 aromatic heterocycles. The van der Waals surface area contributed by atoms with E-state index in [1.54, 1.807) is 6.92 Å². The molecule has 3 unspecified atom stereocenters. The number of nitrogens with one attached hydrogen (secondary N) is 2. The summed E-state index contributed by atoms with van der Waals surface area (Å²) in [6.45, 7) is 1.61. The van der Waals surface area contributed by atoms with E-state index in [1.165, 1.54) is 30.3 Å². The van der Waals surface area contributed by atoms with Crippen LogP contribution in [0.4, 0.5) is 5.69 Å². The highest BCUT2D eigenvalue weighted by Crippen LogP contribution is 2.45. The Morgan fingerprint density at radius 2 is 1.83 bits per heavy atom. The molecule has 0 aliphatic heterocycles. The molecule has 0 radical (unpaired) electrons. The Hall–Kier alpha value is -2.53. The van der Waals surface area contributed by atoms with Crippen molar-refractivity contribution in [2.75, 3.05) is 11.9 Å². The highest BCUT2D eigenvalue weighted by molar-refractivity contribution is 7.89. The Morgan fingerprint density at radius 3 is 2.43 bits per heavy atom. The summed E-state index contributed by atoms with van der Waals surface area (Å²) in [7, 11) is -4.00. The van der Waals surface area contributed by atoms with Crippen molar-refractivity contribution >= 4 is 50.8 Å². The molecule has 9 nitrogen and oxygen atoms in total. The third-order valence-electron chi connectivity index (χ3n) is 6.20. The Bertz CT molecular complexity index is 1250. The maximum atomic E-state index is 13.0. The second kappa shape index (κ2) is 10.2. The molecule has 3 N–H and O–H groups in total. The molecule has 12 heteroatoms. The number of rotatable bonds is 7. The van der Waals surface area contributed by atoms with Crippen LogP contribution in [0.1, 0.15) is 32.6 Å². The van der Waals surface area contributed by atoms with Crippen molar-refractivity contribution in [2.24, 2.45) is 11.8 Å². The van der Waals surface area contributed by atoms with E-state index in [0.29, 0.717) is 11.8 Å². The number of carbonyl (C=O) groups is 2. The minimum Gasteiger partial charge on any atom is -0.507 e. The fourth-order valence-electron chi connectivity index (χ4n) is 4.65. The Balaban J connectivity index is 1.52. The van der Waals surface area contributed by atoms with Crippen LogP contribution in [0.3, 0.4) is 0 Å². The van der Waals surface area contributed by atoms with Crippen molar-refractivity contribution < 1.29 is 32.6 Å². The first kappa shape index (κ1) is 25.6. The zero-order valence-corrected chi connectivity index (χ0v) is 21.0.